The molecule has 0 atom stereocenters. The third-order valence-corrected chi connectivity index (χ3v) is 9.80. The summed E-state index contributed by atoms with van der Waals surface area (Å²) in [6.07, 6.45) is 8.47. The van der Waals surface area contributed by atoms with Crippen LogP contribution in [0.2, 0.25) is 0 Å². The highest BCUT2D eigenvalue weighted by Gasteiger charge is 2.34. The number of unbranched alkanes of at least 4 members (excludes halogenated alkanes) is 5. The molecule has 1 aliphatic carbocycles. The Morgan fingerprint density at radius 1 is 0.725 bits per heavy atom. The molecule has 0 unspecified atom stereocenters. The highest BCUT2D eigenvalue weighted by molar-refractivity contribution is 6.31. The number of ether oxygens (including phenoxy) is 1. The van der Waals surface area contributed by atoms with Crippen LogP contribution in [0.15, 0.2) is 108 Å². The molecule has 5 aromatic carbocycles. The second kappa shape index (κ2) is 14.6. The van der Waals surface area contributed by atoms with Gasteiger partial charge >= 0.3 is 0 Å². The van der Waals surface area contributed by atoms with Gasteiger partial charge in [0.15, 0.2) is 17.3 Å². The summed E-state index contributed by atoms with van der Waals surface area (Å²) in [5.41, 5.74) is 6.60. The number of pyridine rings is 1. The van der Waals surface area contributed by atoms with E-state index in [1.54, 1.807) is 48.5 Å². The summed E-state index contributed by atoms with van der Waals surface area (Å²) in [6.45, 7) is 6.28. The van der Waals surface area contributed by atoms with Crippen molar-refractivity contribution in [2.24, 2.45) is 0 Å². The Hall–Kier alpha value is -5.75. The molecule has 1 heterocycles. The number of rotatable bonds is 13. The number of carbonyl (C=O) groups excluding carboxylic acids is 2. The van der Waals surface area contributed by atoms with Crippen LogP contribution in [0.5, 0.6) is 11.5 Å². The van der Waals surface area contributed by atoms with Crippen molar-refractivity contribution in [1.82, 2.24) is 4.98 Å². The molecule has 6 nitrogen and oxygen atoms in total. The van der Waals surface area contributed by atoms with Crippen molar-refractivity contribution in [3.05, 3.63) is 152 Å². The predicted octanol–water partition coefficient (Wildman–Crippen LogP) is 11.0. The van der Waals surface area contributed by atoms with Gasteiger partial charge in [-0.2, -0.15) is 0 Å². The van der Waals surface area contributed by atoms with Crippen LogP contribution in [0.25, 0.3) is 22.0 Å². The number of aromatic amines is 1. The summed E-state index contributed by atoms with van der Waals surface area (Å²) in [7, 11) is 0. The molecule has 6 aromatic rings. The van der Waals surface area contributed by atoms with Crippen molar-refractivity contribution < 1.29 is 14.3 Å². The molecule has 0 aliphatic heterocycles. The van der Waals surface area contributed by atoms with E-state index < -0.39 is 11.3 Å². The number of fused-ring (bicyclic) bond motifs is 2. The summed E-state index contributed by atoms with van der Waals surface area (Å²) in [5, 5.41) is 3.95. The lowest BCUT2D eigenvalue weighted by Gasteiger charge is -2.26. The first-order valence-electron chi connectivity index (χ1n) is 18.0. The van der Waals surface area contributed by atoms with Crippen LogP contribution in [0, 0.1) is 13.8 Å². The molecule has 0 bridgehead atoms. The number of hydrogen-bond acceptors (Lipinski definition) is 5. The standard InChI is InChI=1S/C45H42N2O4/c1-4-5-6-7-8-10-15-30-22-25-36(29(3)26-30)51-37-27-35(46-32-23-20-28(2)21-24-32)39-40-38(33-18-13-14-19-34(33)44(39)49)41(45(50)47-42(37)40)43(48)31-16-11-9-12-17-31/h9,11-14,16-27,46H,4-8,10,15H2,1-3H3,(H,47,50). The number of H-pyrrole nitrogens is 1. The van der Waals surface area contributed by atoms with Crippen LogP contribution in [0.1, 0.15) is 94.0 Å². The third kappa shape index (κ3) is 6.74. The summed E-state index contributed by atoms with van der Waals surface area (Å²) in [5.74, 6) is 0.400. The van der Waals surface area contributed by atoms with Crippen LogP contribution >= 0.6 is 0 Å². The highest BCUT2D eigenvalue weighted by Crippen LogP contribution is 2.47. The first-order valence-corrected chi connectivity index (χ1v) is 18.0. The number of nitrogens with one attached hydrogen (secondary N) is 2. The Morgan fingerprint density at radius 3 is 2.18 bits per heavy atom. The van der Waals surface area contributed by atoms with Crippen LogP contribution in [-0.2, 0) is 6.42 Å². The van der Waals surface area contributed by atoms with E-state index in [1.807, 2.05) is 56.3 Å². The van der Waals surface area contributed by atoms with Gasteiger partial charge in [0, 0.05) is 33.8 Å². The quantitative estimate of drug-likeness (QED) is 0.0939. The fourth-order valence-corrected chi connectivity index (χ4v) is 7.12. The smallest absolute Gasteiger partial charge is 0.260 e. The molecule has 0 fully saturated rings. The van der Waals surface area contributed by atoms with Crippen molar-refractivity contribution >= 4 is 33.8 Å². The monoisotopic (exact) mass is 674 g/mol. The zero-order valence-corrected chi connectivity index (χ0v) is 29.4. The van der Waals surface area contributed by atoms with E-state index in [0.29, 0.717) is 55.9 Å². The molecule has 0 spiro atoms. The Balaban J connectivity index is 1.40. The molecule has 7 rings (SSSR count). The summed E-state index contributed by atoms with van der Waals surface area (Å²) >= 11 is 0. The van der Waals surface area contributed by atoms with Gasteiger partial charge in [0.05, 0.1) is 22.3 Å². The average Bonchev–Trinajstić information content (AvgIpc) is 3.14. The first-order chi connectivity index (χ1) is 24.8. The number of hydrogen-bond donors (Lipinski definition) is 2. The molecule has 51 heavy (non-hydrogen) atoms. The van der Waals surface area contributed by atoms with Crippen LogP contribution < -0.4 is 15.6 Å². The fourth-order valence-electron chi connectivity index (χ4n) is 7.12. The number of carbonyl (C=O) groups is 2. The first kappa shape index (κ1) is 33.7. The van der Waals surface area contributed by atoms with Gasteiger partial charge in [0.2, 0.25) is 0 Å². The van der Waals surface area contributed by atoms with Crippen molar-refractivity contribution in [2.45, 2.75) is 65.7 Å². The van der Waals surface area contributed by atoms with E-state index in [1.165, 1.54) is 37.7 Å². The van der Waals surface area contributed by atoms with Gasteiger partial charge in [-0.3, -0.25) is 14.4 Å². The second-order valence-corrected chi connectivity index (χ2v) is 13.5. The minimum absolute atomic E-state index is 0.0106. The maximum Gasteiger partial charge on any atom is 0.260 e. The minimum Gasteiger partial charge on any atom is -0.455 e. The molecule has 0 radical (unpaired) electrons. The van der Waals surface area contributed by atoms with Gasteiger partial charge in [-0.25, -0.2) is 0 Å². The maximum absolute atomic E-state index is 14.5. The molecule has 256 valence electrons. The third-order valence-electron chi connectivity index (χ3n) is 9.80. The van der Waals surface area contributed by atoms with Gasteiger partial charge in [-0.05, 0) is 61.6 Å². The normalized spacial score (nSPS) is 11.8. The number of anilines is 2. The molecule has 0 amide bonds. The topological polar surface area (TPSA) is 88.3 Å². The van der Waals surface area contributed by atoms with E-state index in [-0.39, 0.29) is 11.3 Å². The second-order valence-electron chi connectivity index (χ2n) is 13.5. The molecule has 2 N–H and O–H groups in total. The van der Waals surface area contributed by atoms with Gasteiger partial charge in [0.1, 0.15) is 5.75 Å². The van der Waals surface area contributed by atoms with Gasteiger partial charge in [-0.1, -0.05) is 123 Å². The summed E-state index contributed by atoms with van der Waals surface area (Å²) in [4.78, 5) is 45.8. The number of aromatic nitrogens is 1. The van der Waals surface area contributed by atoms with E-state index in [4.69, 9.17) is 4.74 Å². The largest absolute Gasteiger partial charge is 0.455 e. The number of benzene rings is 5. The van der Waals surface area contributed by atoms with E-state index in [9.17, 15) is 14.4 Å². The lowest BCUT2D eigenvalue weighted by molar-refractivity contribution is 0.102. The van der Waals surface area contributed by atoms with Gasteiger partial charge in [-0.15, -0.1) is 0 Å². The molecule has 0 saturated carbocycles. The minimum atomic E-state index is -0.545. The zero-order chi connectivity index (χ0) is 35.5. The Kier molecular flexibility index (Phi) is 9.67. The van der Waals surface area contributed by atoms with Crippen LogP contribution in [0.4, 0.5) is 11.4 Å². The Bertz CT molecular complexity index is 2320. The zero-order valence-electron chi connectivity index (χ0n) is 29.4. The van der Waals surface area contributed by atoms with Crippen molar-refractivity contribution in [2.75, 3.05) is 5.32 Å². The molecule has 1 aromatic heterocycles. The summed E-state index contributed by atoms with van der Waals surface area (Å²) < 4.78 is 6.68. The number of aryl methyl sites for hydroxylation is 3. The lowest BCUT2D eigenvalue weighted by Crippen LogP contribution is -2.24. The Morgan fingerprint density at radius 2 is 1.43 bits per heavy atom. The molecule has 1 aliphatic rings. The lowest BCUT2D eigenvalue weighted by atomic mass is 9.80. The molecule has 0 saturated heterocycles. The maximum atomic E-state index is 14.5. The fraction of sp³-hybridized carbons (Fsp3) is 0.222. The van der Waals surface area contributed by atoms with Crippen molar-refractivity contribution in [3.63, 3.8) is 0 Å². The average molecular weight is 675 g/mol. The summed E-state index contributed by atoms with van der Waals surface area (Å²) in [6, 6.07) is 31.9. The SMILES string of the molecule is CCCCCCCCc1ccc(Oc2cc(Nc3ccc(C)cc3)c3c4c(c(C(=O)c5ccccc5)c(=O)[nH]c24)-c2ccccc2C3=O)c(C)c1. The van der Waals surface area contributed by atoms with Crippen LogP contribution in [0.3, 0.4) is 0 Å². The highest BCUT2D eigenvalue weighted by atomic mass is 16.5. The van der Waals surface area contributed by atoms with Gasteiger partial charge in [0.25, 0.3) is 5.56 Å². The predicted molar refractivity (Wildman–Crippen MR) is 206 cm³/mol. The van der Waals surface area contributed by atoms with E-state index in [0.717, 1.165) is 29.7 Å². The van der Waals surface area contributed by atoms with E-state index >= 15 is 0 Å². The van der Waals surface area contributed by atoms with E-state index in [2.05, 4.69) is 29.4 Å². The molecule has 6 heteroatoms. The Labute approximate surface area is 298 Å². The molecular formula is C45H42N2O4. The molecular weight excluding hydrogens is 633 g/mol. The van der Waals surface area contributed by atoms with Crippen molar-refractivity contribution in [3.8, 4) is 22.6 Å². The van der Waals surface area contributed by atoms with Crippen molar-refractivity contribution in [1.29, 1.82) is 0 Å². The van der Waals surface area contributed by atoms with Gasteiger partial charge < -0.3 is 15.0 Å². The number of ketones is 2. The van der Waals surface area contributed by atoms with Crippen LogP contribution in [-0.4, -0.2) is 16.6 Å².